The van der Waals surface area contributed by atoms with Crippen molar-refractivity contribution in [3.05, 3.63) is 71.4 Å². The predicted octanol–water partition coefficient (Wildman–Crippen LogP) is 3.84. The van der Waals surface area contributed by atoms with Crippen molar-refractivity contribution in [2.24, 2.45) is 0 Å². The maximum absolute atomic E-state index is 4.45. The van der Waals surface area contributed by atoms with Crippen molar-refractivity contribution in [3.63, 3.8) is 0 Å². The van der Waals surface area contributed by atoms with Gasteiger partial charge in [0.1, 0.15) is 0 Å². The Labute approximate surface area is 135 Å². The SMILES string of the molecule is Cc1cc(C)cc(Nc2cnnc(NCc3ccccc3)n2)c1. The maximum atomic E-state index is 4.45. The van der Waals surface area contributed by atoms with E-state index < -0.39 is 0 Å². The van der Waals surface area contributed by atoms with Crippen LogP contribution in [0.5, 0.6) is 0 Å². The maximum Gasteiger partial charge on any atom is 0.244 e. The first-order chi connectivity index (χ1) is 11.2. The third kappa shape index (κ3) is 4.26. The standard InChI is InChI=1S/C18H19N5/c1-13-8-14(2)10-16(9-13)21-17-12-20-23-18(22-17)19-11-15-6-4-3-5-7-15/h3-10,12H,11H2,1-2H3,(H2,19,21,22,23). The number of benzene rings is 2. The predicted molar refractivity (Wildman–Crippen MR) is 92.8 cm³/mol. The van der Waals surface area contributed by atoms with Crippen molar-refractivity contribution in [1.82, 2.24) is 15.2 Å². The van der Waals surface area contributed by atoms with E-state index >= 15 is 0 Å². The fourth-order valence-electron chi connectivity index (χ4n) is 2.41. The van der Waals surface area contributed by atoms with Crippen molar-refractivity contribution in [2.45, 2.75) is 20.4 Å². The summed E-state index contributed by atoms with van der Waals surface area (Å²) in [6.45, 7) is 4.81. The van der Waals surface area contributed by atoms with Gasteiger partial charge in [-0.25, -0.2) is 0 Å². The molecule has 0 fully saturated rings. The monoisotopic (exact) mass is 305 g/mol. The summed E-state index contributed by atoms with van der Waals surface area (Å²) in [5, 5.41) is 14.5. The summed E-state index contributed by atoms with van der Waals surface area (Å²) >= 11 is 0. The highest BCUT2D eigenvalue weighted by Crippen LogP contribution is 2.18. The molecule has 0 aliphatic carbocycles. The zero-order valence-electron chi connectivity index (χ0n) is 13.2. The Balaban J connectivity index is 1.69. The molecule has 0 amide bonds. The zero-order chi connectivity index (χ0) is 16.1. The van der Waals surface area contributed by atoms with Crippen molar-refractivity contribution in [2.75, 3.05) is 10.6 Å². The molecule has 5 heteroatoms. The fourth-order valence-corrected chi connectivity index (χ4v) is 2.41. The number of hydrogen-bond acceptors (Lipinski definition) is 5. The Morgan fingerprint density at radius 3 is 2.43 bits per heavy atom. The molecular weight excluding hydrogens is 286 g/mol. The van der Waals surface area contributed by atoms with Gasteiger partial charge < -0.3 is 10.6 Å². The van der Waals surface area contributed by atoms with Crippen LogP contribution in [-0.2, 0) is 6.54 Å². The second-order valence-electron chi connectivity index (χ2n) is 5.51. The molecule has 0 unspecified atom stereocenters. The molecule has 23 heavy (non-hydrogen) atoms. The van der Waals surface area contributed by atoms with E-state index in [1.807, 2.05) is 18.2 Å². The minimum atomic E-state index is 0.503. The number of nitrogens with zero attached hydrogens (tertiary/aromatic N) is 3. The van der Waals surface area contributed by atoms with Crippen LogP contribution in [0.1, 0.15) is 16.7 Å². The lowest BCUT2D eigenvalue weighted by molar-refractivity contribution is 0.949. The third-order valence-corrected chi connectivity index (χ3v) is 3.35. The Morgan fingerprint density at radius 1 is 0.957 bits per heavy atom. The van der Waals surface area contributed by atoms with Gasteiger partial charge in [-0.15, -0.1) is 5.10 Å². The van der Waals surface area contributed by atoms with Crippen LogP contribution in [0.25, 0.3) is 0 Å². The second kappa shape index (κ2) is 6.87. The molecule has 116 valence electrons. The Kier molecular flexibility index (Phi) is 4.47. The molecule has 0 atom stereocenters. The van der Waals surface area contributed by atoms with Gasteiger partial charge in [-0.1, -0.05) is 36.4 Å². The average molecular weight is 305 g/mol. The molecule has 0 saturated heterocycles. The lowest BCUT2D eigenvalue weighted by Gasteiger charge is -2.09. The molecule has 0 aliphatic heterocycles. The van der Waals surface area contributed by atoms with E-state index in [0.29, 0.717) is 18.3 Å². The first-order valence-corrected chi connectivity index (χ1v) is 7.52. The molecule has 0 saturated carbocycles. The minimum absolute atomic E-state index is 0.503. The number of hydrogen-bond donors (Lipinski definition) is 2. The molecule has 1 heterocycles. The minimum Gasteiger partial charge on any atom is -0.349 e. The quantitative estimate of drug-likeness (QED) is 0.750. The lowest BCUT2D eigenvalue weighted by atomic mass is 10.1. The Hall–Kier alpha value is -2.95. The van der Waals surface area contributed by atoms with E-state index in [1.54, 1.807) is 6.20 Å². The molecule has 0 spiro atoms. The number of anilines is 3. The molecule has 5 nitrogen and oxygen atoms in total. The normalized spacial score (nSPS) is 10.3. The average Bonchev–Trinajstić information content (AvgIpc) is 2.53. The highest BCUT2D eigenvalue weighted by Gasteiger charge is 2.02. The number of rotatable bonds is 5. The molecule has 0 radical (unpaired) electrons. The van der Waals surface area contributed by atoms with Crippen molar-refractivity contribution < 1.29 is 0 Å². The third-order valence-electron chi connectivity index (χ3n) is 3.35. The summed E-state index contributed by atoms with van der Waals surface area (Å²) < 4.78 is 0. The van der Waals surface area contributed by atoms with Crippen LogP contribution in [0.4, 0.5) is 17.5 Å². The first kappa shape index (κ1) is 15.0. The Morgan fingerprint density at radius 2 is 1.70 bits per heavy atom. The largest absolute Gasteiger partial charge is 0.349 e. The molecule has 1 aromatic heterocycles. The van der Waals surface area contributed by atoms with Gasteiger partial charge in [0.25, 0.3) is 0 Å². The van der Waals surface area contributed by atoms with Gasteiger partial charge in [-0.2, -0.15) is 10.1 Å². The molecular formula is C18H19N5. The van der Waals surface area contributed by atoms with Gasteiger partial charge >= 0.3 is 0 Å². The van der Waals surface area contributed by atoms with Crippen LogP contribution in [0.2, 0.25) is 0 Å². The van der Waals surface area contributed by atoms with Crippen molar-refractivity contribution in [3.8, 4) is 0 Å². The van der Waals surface area contributed by atoms with Gasteiger partial charge in [0.15, 0.2) is 5.82 Å². The number of aryl methyl sites for hydroxylation is 2. The van der Waals surface area contributed by atoms with E-state index in [-0.39, 0.29) is 0 Å². The van der Waals surface area contributed by atoms with E-state index in [0.717, 1.165) is 5.69 Å². The van der Waals surface area contributed by atoms with Gasteiger partial charge in [-0.05, 0) is 42.7 Å². The Bertz CT molecular complexity index is 766. The van der Waals surface area contributed by atoms with Gasteiger partial charge in [0.2, 0.25) is 5.95 Å². The molecule has 2 N–H and O–H groups in total. The molecule has 0 aliphatic rings. The molecule has 0 bridgehead atoms. The molecule has 3 rings (SSSR count). The van der Waals surface area contributed by atoms with Crippen molar-refractivity contribution in [1.29, 1.82) is 0 Å². The summed E-state index contributed by atoms with van der Waals surface area (Å²) in [7, 11) is 0. The van der Waals surface area contributed by atoms with Crippen LogP contribution < -0.4 is 10.6 Å². The van der Waals surface area contributed by atoms with Crippen molar-refractivity contribution >= 4 is 17.5 Å². The summed E-state index contributed by atoms with van der Waals surface area (Å²) in [5.41, 5.74) is 4.58. The number of nitrogens with one attached hydrogen (secondary N) is 2. The fraction of sp³-hybridized carbons (Fsp3) is 0.167. The van der Waals surface area contributed by atoms with Crippen LogP contribution in [-0.4, -0.2) is 15.2 Å². The highest BCUT2D eigenvalue weighted by atomic mass is 15.3. The molecule has 3 aromatic rings. The van der Waals surface area contributed by atoms with E-state index in [9.17, 15) is 0 Å². The second-order valence-corrected chi connectivity index (χ2v) is 5.51. The van der Waals surface area contributed by atoms with Crippen LogP contribution in [0, 0.1) is 13.8 Å². The lowest BCUT2D eigenvalue weighted by Crippen LogP contribution is -2.06. The van der Waals surface area contributed by atoms with Crippen LogP contribution in [0.15, 0.2) is 54.7 Å². The summed E-state index contributed by atoms with van der Waals surface area (Å²) in [6.07, 6.45) is 1.62. The smallest absolute Gasteiger partial charge is 0.244 e. The van der Waals surface area contributed by atoms with E-state index in [2.05, 4.69) is 70.0 Å². The summed E-state index contributed by atoms with van der Waals surface area (Å²) in [6, 6.07) is 16.4. The zero-order valence-corrected chi connectivity index (χ0v) is 13.2. The topological polar surface area (TPSA) is 62.7 Å². The van der Waals surface area contributed by atoms with Crippen LogP contribution >= 0.6 is 0 Å². The molecule has 2 aromatic carbocycles. The highest BCUT2D eigenvalue weighted by molar-refractivity contribution is 5.58. The van der Waals surface area contributed by atoms with Crippen LogP contribution in [0.3, 0.4) is 0 Å². The summed E-state index contributed by atoms with van der Waals surface area (Å²) in [4.78, 5) is 4.45. The van der Waals surface area contributed by atoms with E-state index in [1.165, 1.54) is 16.7 Å². The van der Waals surface area contributed by atoms with Gasteiger partial charge in [0, 0.05) is 12.2 Å². The van der Waals surface area contributed by atoms with E-state index in [4.69, 9.17) is 0 Å². The van der Waals surface area contributed by atoms with Gasteiger partial charge in [-0.3, -0.25) is 0 Å². The van der Waals surface area contributed by atoms with Gasteiger partial charge in [0.05, 0.1) is 6.20 Å². The first-order valence-electron chi connectivity index (χ1n) is 7.52. The summed E-state index contributed by atoms with van der Waals surface area (Å²) in [5.74, 6) is 1.17. The number of aromatic nitrogens is 3.